The van der Waals surface area contributed by atoms with Gasteiger partial charge in [0.1, 0.15) is 23.0 Å². The maximum atomic E-state index is 13.9. The van der Waals surface area contributed by atoms with Gasteiger partial charge >= 0.3 is 0 Å². The van der Waals surface area contributed by atoms with Crippen molar-refractivity contribution in [2.24, 2.45) is 5.73 Å². The summed E-state index contributed by atoms with van der Waals surface area (Å²) in [7, 11) is -4.04. The van der Waals surface area contributed by atoms with E-state index in [1.807, 2.05) is 30.3 Å². The summed E-state index contributed by atoms with van der Waals surface area (Å²) in [5.74, 6) is -0.788. The van der Waals surface area contributed by atoms with Crippen LogP contribution < -0.4 is 15.8 Å². The van der Waals surface area contributed by atoms with E-state index in [0.29, 0.717) is 23.5 Å². The number of pyridine rings is 2. The second kappa shape index (κ2) is 11.4. The number of ether oxygens (including phenoxy) is 1. The summed E-state index contributed by atoms with van der Waals surface area (Å²) < 4.78 is 36.3. The fourth-order valence-corrected chi connectivity index (χ4v) is 6.19. The summed E-state index contributed by atoms with van der Waals surface area (Å²) in [6.07, 6.45) is 1.58. The highest BCUT2D eigenvalue weighted by Crippen LogP contribution is 2.38. The maximum Gasteiger partial charge on any atom is 0.269 e. The number of aromatic nitrogens is 4. The van der Waals surface area contributed by atoms with Crippen LogP contribution in [0.3, 0.4) is 0 Å². The smallest absolute Gasteiger partial charge is 0.269 e. The third-order valence-electron chi connectivity index (χ3n) is 6.48. The molecule has 3 aromatic heterocycles. The molecule has 11 nitrogen and oxygen atoms in total. The molecule has 0 aliphatic heterocycles. The van der Waals surface area contributed by atoms with Crippen LogP contribution in [0.1, 0.15) is 27.4 Å². The van der Waals surface area contributed by atoms with Gasteiger partial charge in [0.2, 0.25) is 0 Å². The van der Waals surface area contributed by atoms with Crippen molar-refractivity contribution in [3.8, 4) is 0 Å². The summed E-state index contributed by atoms with van der Waals surface area (Å²) in [5.41, 5.74) is 14.5. The van der Waals surface area contributed by atoms with E-state index in [2.05, 4.69) is 34.7 Å². The minimum Gasteiger partial charge on any atom is -0.383 e. The molecule has 0 atom stereocenters. The van der Waals surface area contributed by atoms with Crippen LogP contribution >= 0.6 is 0 Å². The zero-order valence-corrected chi connectivity index (χ0v) is 25.2. The lowest BCUT2D eigenvalue weighted by Gasteiger charge is -2.24. The number of primary amides is 1. The number of hydrogen-bond donors (Lipinski definition) is 2. The Kier molecular flexibility index (Phi) is 8.28. The average molecular weight is 582 g/mol. The second-order valence-corrected chi connectivity index (χ2v) is 18.4. The first-order chi connectivity index (χ1) is 18.8. The molecule has 1 amide bonds. The molecule has 0 aliphatic carbocycles. The van der Waals surface area contributed by atoms with Gasteiger partial charge in [-0.15, -0.1) is 0 Å². The van der Waals surface area contributed by atoms with Gasteiger partial charge in [-0.2, -0.15) is 5.10 Å². The fraction of sp³-hybridized carbons (Fsp3) is 0.333. The number of aryl methyl sites for hydroxylation is 1. The largest absolute Gasteiger partial charge is 0.383 e. The van der Waals surface area contributed by atoms with Gasteiger partial charge in [0.05, 0.1) is 16.8 Å². The number of carbonyl (C=O) groups is 1. The van der Waals surface area contributed by atoms with Gasteiger partial charge in [0.15, 0.2) is 5.69 Å². The molecule has 40 heavy (non-hydrogen) atoms. The summed E-state index contributed by atoms with van der Waals surface area (Å²) in [6, 6.07) is 13.5. The van der Waals surface area contributed by atoms with Crippen molar-refractivity contribution >= 4 is 46.4 Å². The van der Waals surface area contributed by atoms with Crippen molar-refractivity contribution in [1.82, 2.24) is 19.7 Å². The normalized spacial score (nSPS) is 12.1. The lowest BCUT2D eigenvalue weighted by Crippen LogP contribution is -2.29. The van der Waals surface area contributed by atoms with Crippen LogP contribution in [0.2, 0.25) is 25.7 Å². The second-order valence-electron chi connectivity index (χ2n) is 10.8. The molecule has 0 bridgehead atoms. The number of sulfonamides is 1. The number of hydrogen-bond acceptors (Lipinski definition) is 8. The Balaban J connectivity index is 1.95. The number of rotatable bonds is 11. The van der Waals surface area contributed by atoms with Crippen molar-refractivity contribution in [1.29, 1.82) is 0 Å². The highest BCUT2D eigenvalue weighted by molar-refractivity contribution is 7.92. The number of nitrogens with zero attached hydrogens (tertiary/aromatic N) is 5. The quantitative estimate of drug-likeness (QED) is 0.201. The average Bonchev–Trinajstić information content (AvgIpc) is 3.27. The van der Waals surface area contributed by atoms with Crippen molar-refractivity contribution in [3.05, 3.63) is 71.3 Å². The number of benzene rings is 1. The first-order valence-electron chi connectivity index (χ1n) is 12.8. The Morgan fingerprint density at radius 1 is 1.12 bits per heavy atom. The lowest BCUT2D eigenvalue weighted by molar-refractivity contribution is 0.0808. The Morgan fingerprint density at radius 2 is 1.82 bits per heavy atom. The van der Waals surface area contributed by atoms with E-state index in [1.165, 1.54) is 24.0 Å². The van der Waals surface area contributed by atoms with Crippen molar-refractivity contribution < 1.29 is 17.9 Å². The molecule has 1 aromatic carbocycles. The van der Waals surface area contributed by atoms with Crippen molar-refractivity contribution in [2.75, 3.05) is 23.7 Å². The van der Waals surface area contributed by atoms with Crippen LogP contribution in [0.5, 0.6) is 0 Å². The highest BCUT2D eigenvalue weighted by Gasteiger charge is 2.31. The van der Waals surface area contributed by atoms with Crippen LogP contribution in [0.15, 0.2) is 53.6 Å². The number of carbonyl (C=O) groups excluding carboxylic acids is 1. The van der Waals surface area contributed by atoms with E-state index in [0.717, 1.165) is 15.9 Å². The van der Waals surface area contributed by atoms with Gasteiger partial charge in [-0.25, -0.2) is 18.1 Å². The van der Waals surface area contributed by atoms with Gasteiger partial charge < -0.3 is 16.2 Å². The monoisotopic (exact) mass is 581 g/mol. The summed E-state index contributed by atoms with van der Waals surface area (Å²) in [6.45, 7) is 8.95. The number of amides is 1. The van der Waals surface area contributed by atoms with Crippen LogP contribution in [0, 0.1) is 6.92 Å². The van der Waals surface area contributed by atoms with Gasteiger partial charge in [0, 0.05) is 40.0 Å². The van der Waals surface area contributed by atoms with E-state index in [9.17, 15) is 13.2 Å². The number of fused-ring (bicyclic) bond motifs is 1. The lowest BCUT2D eigenvalue weighted by atomic mass is 10.1. The molecule has 0 saturated carbocycles. The van der Waals surface area contributed by atoms with E-state index in [1.54, 1.807) is 13.0 Å². The predicted octanol–water partition coefficient (Wildman–Crippen LogP) is 3.54. The molecule has 0 unspecified atom stereocenters. The van der Waals surface area contributed by atoms with E-state index in [4.69, 9.17) is 16.2 Å². The molecule has 0 fully saturated rings. The van der Waals surface area contributed by atoms with Crippen molar-refractivity contribution in [2.45, 2.75) is 50.7 Å². The summed E-state index contributed by atoms with van der Waals surface area (Å²) in [5, 5.41) is 4.59. The SMILES string of the molecule is Cc1ccc(S(=O)(=O)N(C)c2c(Cc3ccccc3)nc(N)c3c(C(N)=O)nn(COCC[Si](C)(C)C)c23)cn1. The van der Waals surface area contributed by atoms with E-state index >= 15 is 0 Å². The third-order valence-corrected chi connectivity index (χ3v) is 9.92. The van der Waals surface area contributed by atoms with Crippen LogP contribution in [-0.2, 0) is 27.9 Å². The van der Waals surface area contributed by atoms with E-state index in [-0.39, 0.29) is 40.6 Å². The molecule has 4 rings (SSSR count). The van der Waals surface area contributed by atoms with Crippen molar-refractivity contribution in [3.63, 3.8) is 0 Å². The molecule has 13 heteroatoms. The Hall–Kier alpha value is -3.81. The molecular formula is C27H35N7O4SSi. The number of nitrogen functional groups attached to an aromatic ring is 1. The minimum atomic E-state index is -4.10. The molecule has 4 N–H and O–H groups in total. The van der Waals surface area contributed by atoms with Crippen LogP contribution in [0.4, 0.5) is 11.5 Å². The zero-order chi connectivity index (χ0) is 29.2. The van der Waals surface area contributed by atoms with Crippen LogP contribution in [-0.4, -0.2) is 55.8 Å². The Bertz CT molecular complexity index is 1630. The third kappa shape index (κ3) is 6.16. The molecule has 0 aliphatic rings. The Labute approximate surface area is 235 Å². The van der Waals surface area contributed by atoms with E-state index < -0.39 is 24.0 Å². The molecule has 4 aromatic rings. The topological polar surface area (TPSA) is 159 Å². The highest BCUT2D eigenvalue weighted by atomic mass is 32.2. The maximum absolute atomic E-state index is 13.9. The van der Waals surface area contributed by atoms with Gasteiger partial charge in [-0.05, 0) is 30.7 Å². The summed E-state index contributed by atoms with van der Waals surface area (Å²) >= 11 is 0. The molecule has 3 heterocycles. The molecule has 0 spiro atoms. The van der Waals surface area contributed by atoms with Gasteiger partial charge in [-0.1, -0.05) is 50.0 Å². The minimum absolute atomic E-state index is 0.00353. The number of anilines is 2. The fourth-order valence-electron chi connectivity index (χ4n) is 4.26. The summed E-state index contributed by atoms with van der Waals surface area (Å²) in [4.78, 5) is 21.2. The standard InChI is InChI=1S/C27H35N7O4SSi/c1-18-11-12-20(16-30-18)39(36,37)33(2)24-21(15-19-9-7-6-8-10-19)31-26(28)22-23(27(29)35)32-34(25(22)24)17-38-13-14-40(3,4)5/h6-12,16H,13-15,17H2,1-5H3,(H2,28,31)(H2,29,35). The van der Waals surface area contributed by atoms with Gasteiger partial charge in [-0.3, -0.25) is 14.1 Å². The van der Waals surface area contributed by atoms with Crippen LogP contribution in [0.25, 0.3) is 10.9 Å². The number of nitrogens with two attached hydrogens (primary N) is 2. The molecular weight excluding hydrogens is 546 g/mol. The zero-order valence-electron chi connectivity index (χ0n) is 23.4. The molecule has 0 radical (unpaired) electrons. The van der Waals surface area contributed by atoms with Gasteiger partial charge in [0.25, 0.3) is 15.9 Å². The molecule has 0 saturated heterocycles. The predicted molar refractivity (Wildman–Crippen MR) is 158 cm³/mol. The first kappa shape index (κ1) is 29.2. The Morgan fingerprint density at radius 3 is 2.42 bits per heavy atom. The first-order valence-corrected chi connectivity index (χ1v) is 18.0. The molecule has 212 valence electrons.